The molecule has 5 heteroatoms. The molecule has 0 amide bonds. The number of rotatable bonds is 6. The summed E-state index contributed by atoms with van der Waals surface area (Å²) in [6.07, 6.45) is 0. The lowest BCUT2D eigenvalue weighted by Crippen LogP contribution is -2.16. The van der Waals surface area contributed by atoms with Gasteiger partial charge in [0.25, 0.3) is 0 Å². The highest BCUT2D eigenvalue weighted by Crippen LogP contribution is 2.57. The zero-order valence-corrected chi connectivity index (χ0v) is 53.2. The fourth-order valence-corrected chi connectivity index (χ4v) is 17.8. The van der Waals surface area contributed by atoms with E-state index in [9.17, 15) is 0 Å². The van der Waals surface area contributed by atoms with Gasteiger partial charge >= 0.3 is 0 Å². The third-order valence-electron chi connectivity index (χ3n) is 22.0. The first-order valence-corrected chi connectivity index (χ1v) is 33.1. The molecule has 94 heavy (non-hydrogen) atoms. The van der Waals surface area contributed by atoms with Crippen LogP contribution in [0.25, 0.3) is 161 Å². The number of fused-ring (bicyclic) bond motifs is 22. The van der Waals surface area contributed by atoms with E-state index >= 15 is 0 Å². The first-order chi connectivity index (χ1) is 45.9. The van der Waals surface area contributed by atoms with Crippen molar-refractivity contribution in [2.75, 3.05) is 0 Å². The fraction of sp³-hybridized carbons (Fsp3) is 0.101. The average Bonchev–Trinajstić information content (AvgIpc) is 1.55. The smallest absolute Gasteiger partial charge is 0.160 e. The lowest BCUT2D eigenvalue weighted by molar-refractivity contribution is 0.663. The standard InChI is InChI=1S/C89H63N5/c1-87(2)72-31-13-7-25-59(72)65-42-45-68-62-28-10-16-34-76(62)92(83(68)79(65)87)56-40-37-52(38-41-56)82-71-51-54(53-21-19-23-57(49-53)93-77-35-17-11-29-63(77)69-46-43-66-60-26-8-14-32-73(60)88(3,4)80(66)84(69)93)39-48-75(71)90-86(91-82)55-22-20-24-58(50-55)94-78-36-18-12-30-64(78)70-47-44-67-61-27-9-15-33-74(61)89(5,6)81(67)85(70)94/h7-51H,1-6H3. The van der Waals surface area contributed by atoms with Crippen molar-refractivity contribution < 1.29 is 0 Å². The molecule has 444 valence electrons. The summed E-state index contributed by atoms with van der Waals surface area (Å²) in [7, 11) is 0. The molecule has 5 nitrogen and oxygen atoms in total. The van der Waals surface area contributed by atoms with E-state index < -0.39 is 0 Å². The van der Waals surface area contributed by atoms with Gasteiger partial charge in [0.15, 0.2) is 5.82 Å². The summed E-state index contributed by atoms with van der Waals surface area (Å²) in [6.45, 7) is 14.4. The number of benzene rings is 13. The van der Waals surface area contributed by atoms with Gasteiger partial charge in [0, 0.05) is 82.1 Å². The number of hydrogen-bond acceptors (Lipinski definition) is 2. The Morgan fingerprint density at radius 1 is 0.255 bits per heavy atom. The second kappa shape index (κ2) is 18.9. The molecular weight excluding hydrogens is 1140 g/mol. The van der Waals surface area contributed by atoms with Crippen molar-refractivity contribution in [1.82, 2.24) is 23.7 Å². The van der Waals surface area contributed by atoms with Gasteiger partial charge in [-0.05, 0) is 145 Å². The highest BCUT2D eigenvalue weighted by molar-refractivity contribution is 6.16. The van der Waals surface area contributed by atoms with Crippen LogP contribution in [-0.2, 0) is 16.2 Å². The van der Waals surface area contributed by atoms with Gasteiger partial charge in [0.05, 0.1) is 44.3 Å². The van der Waals surface area contributed by atoms with Crippen LogP contribution in [0.3, 0.4) is 0 Å². The quantitative estimate of drug-likeness (QED) is 0.166. The maximum atomic E-state index is 5.77. The third kappa shape index (κ3) is 7.08. The van der Waals surface area contributed by atoms with Crippen LogP contribution < -0.4 is 0 Å². The molecule has 0 unspecified atom stereocenters. The topological polar surface area (TPSA) is 40.6 Å². The minimum absolute atomic E-state index is 0.204. The summed E-state index contributed by atoms with van der Waals surface area (Å²) in [5, 5.41) is 8.50. The Balaban J connectivity index is 0.779. The molecule has 20 rings (SSSR count). The predicted octanol–water partition coefficient (Wildman–Crippen LogP) is 22.8. The Hall–Kier alpha value is -11.4. The minimum atomic E-state index is -0.221. The predicted molar refractivity (Wildman–Crippen MR) is 392 cm³/mol. The molecule has 0 radical (unpaired) electrons. The van der Waals surface area contributed by atoms with Gasteiger partial charge in [-0.25, -0.2) is 9.97 Å². The third-order valence-corrected chi connectivity index (χ3v) is 22.0. The van der Waals surface area contributed by atoms with Crippen LogP contribution in [0.5, 0.6) is 0 Å². The van der Waals surface area contributed by atoms with E-state index in [1.165, 1.54) is 132 Å². The number of nitrogens with zero attached hydrogens (tertiary/aromatic N) is 5. The van der Waals surface area contributed by atoms with Crippen LogP contribution in [0.2, 0.25) is 0 Å². The maximum Gasteiger partial charge on any atom is 0.160 e. The van der Waals surface area contributed by atoms with E-state index in [1.807, 2.05) is 0 Å². The Morgan fingerprint density at radius 2 is 0.638 bits per heavy atom. The second-order valence-corrected chi connectivity index (χ2v) is 28.0. The highest BCUT2D eigenvalue weighted by atomic mass is 15.0. The molecule has 0 saturated heterocycles. The van der Waals surface area contributed by atoms with Gasteiger partial charge in [-0.2, -0.15) is 0 Å². The molecule has 0 saturated carbocycles. The zero-order valence-electron chi connectivity index (χ0n) is 53.2. The molecular formula is C89H63N5. The van der Waals surface area contributed by atoms with E-state index in [0.717, 1.165) is 55.9 Å². The van der Waals surface area contributed by atoms with Crippen molar-refractivity contribution in [2.45, 2.75) is 57.8 Å². The molecule has 0 spiro atoms. The maximum absolute atomic E-state index is 5.77. The molecule has 0 bridgehead atoms. The normalized spacial score (nSPS) is 14.5. The van der Waals surface area contributed by atoms with Crippen LogP contribution in [0.4, 0.5) is 0 Å². The van der Waals surface area contributed by atoms with E-state index in [4.69, 9.17) is 9.97 Å². The fourth-order valence-electron chi connectivity index (χ4n) is 17.8. The average molecular weight is 1200 g/mol. The van der Waals surface area contributed by atoms with Crippen LogP contribution in [0.15, 0.2) is 273 Å². The largest absolute Gasteiger partial charge is 0.309 e. The van der Waals surface area contributed by atoms with Crippen LogP contribution in [0.1, 0.15) is 74.9 Å². The molecule has 0 atom stereocenters. The first kappa shape index (κ1) is 53.3. The van der Waals surface area contributed by atoms with E-state index in [2.05, 4.69) is 328 Å². The first-order valence-electron chi connectivity index (χ1n) is 33.1. The second-order valence-electron chi connectivity index (χ2n) is 28.0. The van der Waals surface area contributed by atoms with Crippen molar-refractivity contribution in [3.05, 3.63) is 306 Å². The van der Waals surface area contributed by atoms with E-state index in [-0.39, 0.29) is 16.2 Å². The number of hydrogen-bond donors (Lipinski definition) is 0. The lowest BCUT2D eigenvalue weighted by Gasteiger charge is -2.24. The Kier molecular flexibility index (Phi) is 10.7. The summed E-state index contributed by atoms with van der Waals surface area (Å²) in [4.78, 5) is 11.3. The summed E-state index contributed by atoms with van der Waals surface area (Å²) >= 11 is 0. The van der Waals surface area contributed by atoms with Crippen molar-refractivity contribution >= 4 is 76.3 Å². The summed E-state index contributed by atoms with van der Waals surface area (Å²) in [5.41, 5.74) is 32.0. The van der Waals surface area contributed by atoms with Gasteiger partial charge in [-0.15, -0.1) is 0 Å². The van der Waals surface area contributed by atoms with Gasteiger partial charge in [-0.3, -0.25) is 0 Å². The zero-order chi connectivity index (χ0) is 62.7. The summed E-state index contributed by atoms with van der Waals surface area (Å²) in [5.74, 6) is 0.672. The van der Waals surface area contributed by atoms with Crippen LogP contribution in [0, 0.1) is 0 Å². The van der Waals surface area contributed by atoms with Crippen molar-refractivity contribution in [1.29, 1.82) is 0 Å². The molecule has 13 aromatic carbocycles. The molecule has 3 aliphatic rings. The SMILES string of the molecule is CC1(C)c2ccccc2-c2ccc3c4ccccc4n(-c4ccc(-c5nc(-c6cccc(-n7c8ccccc8c8ccc9c(c87)C(C)(C)c7ccccc7-9)c6)nc6ccc(-c7cccc(-n8c9ccccc9c9ccc%10c(c98)C(C)(C)c8ccccc8-%10)c7)cc56)cc4)c3c21. The Labute approximate surface area is 545 Å². The molecule has 0 aliphatic heterocycles. The molecule has 0 N–H and O–H groups in total. The summed E-state index contributed by atoms with van der Waals surface area (Å²) < 4.78 is 7.53. The summed E-state index contributed by atoms with van der Waals surface area (Å²) in [6, 6.07) is 102. The van der Waals surface area contributed by atoms with Crippen LogP contribution in [-0.4, -0.2) is 23.7 Å². The van der Waals surface area contributed by atoms with E-state index in [0.29, 0.717) is 5.82 Å². The molecule has 4 aromatic heterocycles. The van der Waals surface area contributed by atoms with Crippen molar-refractivity contribution in [3.63, 3.8) is 0 Å². The van der Waals surface area contributed by atoms with E-state index in [1.54, 1.807) is 0 Å². The molecule has 17 aromatic rings. The number of aromatic nitrogens is 5. The van der Waals surface area contributed by atoms with Gasteiger partial charge in [0.1, 0.15) is 0 Å². The van der Waals surface area contributed by atoms with Crippen molar-refractivity contribution in [3.8, 4) is 84.2 Å². The van der Waals surface area contributed by atoms with Crippen LogP contribution >= 0.6 is 0 Å². The van der Waals surface area contributed by atoms with Crippen molar-refractivity contribution in [2.24, 2.45) is 0 Å². The Morgan fingerprint density at radius 3 is 1.11 bits per heavy atom. The lowest BCUT2D eigenvalue weighted by atomic mass is 9.81. The van der Waals surface area contributed by atoms with Gasteiger partial charge < -0.3 is 13.7 Å². The Bertz CT molecular complexity index is 6200. The number of para-hydroxylation sites is 3. The van der Waals surface area contributed by atoms with Gasteiger partial charge in [-0.1, -0.05) is 248 Å². The molecule has 3 aliphatic carbocycles. The minimum Gasteiger partial charge on any atom is -0.309 e. The molecule has 4 heterocycles. The van der Waals surface area contributed by atoms with Gasteiger partial charge in [0.2, 0.25) is 0 Å². The monoisotopic (exact) mass is 1200 g/mol. The highest BCUT2D eigenvalue weighted by Gasteiger charge is 2.42. The molecule has 0 fully saturated rings.